The lowest BCUT2D eigenvalue weighted by atomic mass is 10.00. The molecule has 5 rings (SSSR count). The standard InChI is InChI=1S/C28H31NO4S.ClH/c1-18-16-29(17-19(18)2)13-14-32-24-10-5-20(6-11-24)27-28(21-3-7-22(30)8-4-21)34-26-15-23(31)9-12-25(26)33-27;/h3-12,15,18-19,27-28,30-31H,13-14,16-17H2,1-2H3;1H/t18-,19-,27-,28+;/m0./s1. The van der Waals surface area contributed by atoms with Crippen molar-refractivity contribution in [3.05, 3.63) is 77.9 Å². The second kappa shape index (κ2) is 11.0. The number of fused-ring (bicyclic) bond motifs is 1. The fourth-order valence-corrected chi connectivity index (χ4v) is 6.04. The van der Waals surface area contributed by atoms with E-state index in [0.717, 1.165) is 59.0 Å². The largest absolute Gasteiger partial charge is 0.508 e. The lowest BCUT2D eigenvalue weighted by Crippen LogP contribution is -2.26. The van der Waals surface area contributed by atoms with Gasteiger partial charge in [-0.05, 0) is 65.4 Å². The fraction of sp³-hybridized carbons (Fsp3) is 0.357. The first-order chi connectivity index (χ1) is 16.5. The van der Waals surface area contributed by atoms with Gasteiger partial charge in [-0.1, -0.05) is 38.1 Å². The second-order valence-corrected chi connectivity index (χ2v) is 10.6. The maximum Gasteiger partial charge on any atom is 0.140 e. The highest BCUT2D eigenvalue weighted by molar-refractivity contribution is 7.99. The number of likely N-dealkylation sites (tertiary alicyclic amines) is 1. The summed E-state index contributed by atoms with van der Waals surface area (Å²) in [4.78, 5) is 3.38. The van der Waals surface area contributed by atoms with Gasteiger partial charge in [-0.15, -0.1) is 24.2 Å². The smallest absolute Gasteiger partial charge is 0.140 e. The molecule has 4 atom stereocenters. The third kappa shape index (κ3) is 5.83. The number of ether oxygens (including phenoxy) is 2. The third-order valence-corrected chi connectivity index (χ3v) is 8.23. The van der Waals surface area contributed by atoms with E-state index in [1.807, 2.05) is 30.3 Å². The predicted molar refractivity (Wildman–Crippen MR) is 142 cm³/mol. The van der Waals surface area contributed by atoms with Gasteiger partial charge in [0.1, 0.15) is 35.7 Å². The molecular formula is C28H32ClNO4S. The van der Waals surface area contributed by atoms with Gasteiger partial charge in [-0.25, -0.2) is 0 Å². The zero-order valence-electron chi connectivity index (χ0n) is 20.0. The fourth-order valence-electron chi connectivity index (χ4n) is 4.71. The van der Waals surface area contributed by atoms with Gasteiger partial charge in [0, 0.05) is 19.6 Å². The first-order valence-electron chi connectivity index (χ1n) is 11.9. The molecule has 5 nitrogen and oxygen atoms in total. The first-order valence-corrected chi connectivity index (χ1v) is 12.7. The summed E-state index contributed by atoms with van der Waals surface area (Å²) in [6.07, 6.45) is -0.215. The summed E-state index contributed by atoms with van der Waals surface area (Å²) in [7, 11) is 0. The number of aromatic hydroxyl groups is 2. The molecule has 0 saturated carbocycles. The number of hydrogen-bond donors (Lipinski definition) is 2. The molecule has 3 aromatic carbocycles. The average Bonchev–Trinajstić information content (AvgIpc) is 3.16. The molecule has 0 amide bonds. The van der Waals surface area contributed by atoms with E-state index in [4.69, 9.17) is 9.47 Å². The molecule has 3 aromatic rings. The van der Waals surface area contributed by atoms with E-state index in [9.17, 15) is 10.2 Å². The van der Waals surface area contributed by atoms with Crippen LogP contribution in [0.5, 0.6) is 23.0 Å². The summed E-state index contributed by atoms with van der Waals surface area (Å²) in [5.41, 5.74) is 2.11. The molecule has 2 aliphatic heterocycles. The maximum atomic E-state index is 9.94. The molecule has 2 aliphatic rings. The Labute approximate surface area is 217 Å². The van der Waals surface area contributed by atoms with Crippen LogP contribution in [0, 0.1) is 11.8 Å². The van der Waals surface area contributed by atoms with Crippen molar-refractivity contribution in [2.45, 2.75) is 30.1 Å². The number of rotatable bonds is 6. The summed E-state index contributed by atoms with van der Waals surface area (Å²) in [5, 5.41) is 19.7. The van der Waals surface area contributed by atoms with Crippen molar-refractivity contribution in [2.75, 3.05) is 26.2 Å². The van der Waals surface area contributed by atoms with Crippen molar-refractivity contribution < 1.29 is 19.7 Å². The highest BCUT2D eigenvalue weighted by Crippen LogP contribution is 2.54. The highest BCUT2D eigenvalue weighted by Gasteiger charge is 2.33. The minimum absolute atomic E-state index is 0. The van der Waals surface area contributed by atoms with Gasteiger partial charge in [0.25, 0.3) is 0 Å². The van der Waals surface area contributed by atoms with E-state index in [2.05, 4.69) is 30.9 Å². The Morgan fingerprint density at radius 2 is 1.51 bits per heavy atom. The molecule has 1 saturated heterocycles. The summed E-state index contributed by atoms with van der Waals surface area (Å²) in [5.74, 6) is 3.58. The van der Waals surface area contributed by atoms with Crippen LogP contribution < -0.4 is 9.47 Å². The lowest BCUT2D eigenvalue weighted by molar-refractivity contribution is 0.190. The SMILES string of the molecule is C[C@H]1CN(CCOc2ccc([C@@H]3Oc4ccc(O)cc4S[C@@H]3c3ccc(O)cc3)cc2)C[C@@H]1C.Cl. The Morgan fingerprint density at radius 3 is 2.20 bits per heavy atom. The van der Waals surface area contributed by atoms with Gasteiger partial charge < -0.3 is 19.7 Å². The molecule has 1 fully saturated rings. The van der Waals surface area contributed by atoms with E-state index in [0.29, 0.717) is 6.61 Å². The lowest BCUT2D eigenvalue weighted by Gasteiger charge is -2.34. The van der Waals surface area contributed by atoms with Crippen LogP contribution in [0.2, 0.25) is 0 Å². The average molecular weight is 514 g/mol. The Kier molecular flexibility index (Phi) is 8.05. The molecule has 186 valence electrons. The summed E-state index contributed by atoms with van der Waals surface area (Å²) < 4.78 is 12.5. The Hall–Kier alpha value is -2.54. The van der Waals surface area contributed by atoms with E-state index in [1.165, 1.54) is 0 Å². The normalized spacial score (nSPS) is 23.7. The minimum Gasteiger partial charge on any atom is -0.508 e. The van der Waals surface area contributed by atoms with Gasteiger partial charge in [0.05, 0.1) is 10.1 Å². The molecular weight excluding hydrogens is 482 g/mol. The number of phenols is 2. The molecule has 0 spiro atoms. The number of thioether (sulfide) groups is 1. The summed E-state index contributed by atoms with van der Waals surface area (Å²) >= 11 is 1.66. The zero-order chi connectivity index (χ0) is 23.7. The summed E-state index contributed by atoms with van der Waals surface area (Å²) in [6, 6.07) is 20.6. The van der Waals surface area contributed by atoms with E-state index in [-0.39, 0.29) is 35.3 Å². The molecule has 0 aromatic heterocycles. The second-order valence-electron chi connectivity index (χ2n) is 9.43. The third-order valence-electron chi connectivity index (χ3n) is 6.88. The molecule has 35 heavy (non-hydrogen) atoms. The Morgan fingerprint density at radius 1 is 0.886 bits per heavy atom. The molecule has 0 unspecified atom stereocenters. The highest BCUT2D eigenvalue weighted by atomic mass is 35.5. The van der Waals surface area contributed by atoms with E-state index in [1.54, 1.807) is 36.0 Å². The van der Waals surface area contributed by atoms with Gasteiger partial charge in [-0.3, -0.25) is 4.90 Å². The van der Waals surface area contributed by atoms with Crippen molar-refractivity contribution in [1.29, 1.82) is 0 Å². The van der Waals surface area contributed by atoms with E-state index >= 15 is 0 Å². The molecule has 7 heteroatoms. The topological polar surface area (TPSA) is 62.2 Å². The zero-order valence-corrected chi connectivity index (χ0v) is 21.6. The van der Waals surface area contributed by atoms with Crippen molar-refractivity contribution >= 4 is 24.2 Å². The van der Waals surface area contributed by atoms with Gasteiger partial charge in [-0.2, -0.15) is 0 Å². The molecule has 2 N–H and O–H groups in total. The van der Waals surface area contributed by atoms with Gasteiger partial charge >= 0.3 is 0 Å². The summed E-state index contributed by atoms with van der Waals surface area (Å²) in [6.45, 7) is 8.58. The van der Waals surface area contributed by atoms with Gasteiger partial charge in [0.15, 0.2) is 0 Å². The number of nitrogens with zero attached hydrogens (tertiary/aromatic N) is 1. The number of halogens is 1. The van der Waals surface area contributed by atoms with Crippen LogP contribution in [-0.4, -0.2) is 41.4 Å². The van der Waals surface area contributed by atoms with Crippen molar-refractivity contribution in [3.8, 4) is 23.0 Å². The molecule has 2 heterocycles. The van der Waals surface area contributed by atoms with Crippen molar-refractivity contribution in [1.82, 2.24) is 4.90 Å². The quantitative estimate of drug-likeness (QED) is 0.395. The predicted octanol–water partition coefficient (Wildman–Crippen LogP) is 6.45. The number of benzene rings is 3. The minimum atomic E-state index is -0.215. The Balaban J connectivity index is 0.00000289. The maximum absolute atomic E-state index is 9.94. The van der Waals surface area contributed by atoms with Crippen LogP contribution in [0.15, 0.2) is 71.6 Å². The monoisotopic (exact) mass is 513 g/mol. The van der Waals surface area contributed by atoms with Crippen LogP contribution in [-0.2, 0) is 0 Å². The van der Waals surface area contributed by atoms with Crippen molar-refractivity contribution in [2.24, 2.45) is 11.8 Å². The van der Waals surface area contributed by atoms with Crippen LogP contribution in [0.1, 0.15) is 36.3 Å². The van der Waals surface area contributed by atoms with Crippen LogP contribution in [0.3, 0.4) is 0 Å². The van der Waals surface area contributed by atoms with Crippen LogP contribution >= 0.6 is 24.2 Å². The molecule has 0 aliphatic carbocycles. The molecule has 0 radical (unpaired) electrons. The van der Waals surface area contributed by atoms with Crippen LogP contribution in [0.25, 0.3) is 0 Å². The van der Waals surface area contributed by atoms with Crippen LogP contribution in [0.4, 0.5) is 0 Å². The van der Waals surface area contributed by atoms with E-state index < -0.39 is 0 Å². The van der Waals surface area contributed by atoms with Crippen molar-refractivity contribution in [3.63, 3.8) is 0 Å². The number of phenolic OH excluding ortho intramolecular Hbond substituents is 2. The number of hydrogen-bond acceptors (Lipinski definition) is 6. The molecule has 0 bridgehead atoms. The van der Waals surface area contributed by atoms with Gasteiger partial charge in [0.2, 0.25) is 0 Å². The first kappa shape index (κ1) is 25.5. The Bertz CT molecular complexity index is 1110.